The molecular formula is C24H25FN4O3. The number of likely N-dealkylation sites (tertiary alicyclic amines) is 1. The van der Waals surface area contributed by atoms with E-state index in [0.717, 1.165) is 18.5 Å². The summed E-state index contributed by atoms with van der Waals surface area (Å²) >= 11 is 0. The molecule has 1 aliphatic heterocycles. The molecule has 0 spiro atoms. The van der Waals surface area contributed by atoms with Crippen LogP contribution in [0.15, 0.2) is 54.7 Å². The number of aromatic nitrogens is 2. The molecule has 1 saturated heterocycles. The highest BCUT2D eigenvalue weighted by molar-refractivity contribution is 5.97. The SMILES string of the molecule is COc1ccc(C(=O)N2CCC[C@@H](c3ccnc(Nc4cccc(F)c4)n3)C2)c(OC)c1. The third-order valence-electron chi connectivity index (χ3n) is 5.52. The molecule has 0 unspecified atom stereocenters. The second-order valence-electron chi connectivity index (χ2n) is 7.60. The number of rotatable bonds is 6. The van der Waals surface area contributed by atoms with Gasteiger partial charge in [0.05, 0.1) is 25.5 Å². The largest absolute Gasteiger partial charge is 0.497 e. The Labute approximate surface area is 186 Å². The summed E-state index contributed by atoms with van der Waals surface area (Å²) in [7, 11) is 3.11. The highest BCUT2D eigenvalue weighted by atomic mass is 19.1. The molecule has 1 N–H and O–H groups in total. The van der Waals surface area contributed by atoms with Gasteiger partial charge in [-0.05, 0) is 49.2 Å². The van der Waals surface area contributed by atoms with Crippen molar-refractivity contribution in [3.8, 4) is 11.5 Å². The minimum atomic E-state index is -0.332. The lowest BCUT2D eigenvalue weighted by atomic mass is 9.94. The first-order chi connectivity index (χ1) is 15.6. The normalized spacial score (nSPS) is 15.8. The van der Waals surface area contributed by atoms with Gasteiger partial charge in [0.1, 0.15) is 17.3 Å². The van der Waals surface area contributed by atoms with E-state index in [9.17, 15) is 9.18 Å². The molecule has 0 saturated carbocycles. The third kappa shape index (κ3) is 4.80. The van der Waals surface area contributed by atoms with Crippen molar-refractivity contribution in [3.63, 3.8) is 0 Å². The molecule has 2 aromatic carbocycles. The monoisotopic (exact) mass is 436 g/mol. The van der Waals surface area contributed by atoms with E-state index in [1.54, 1.807) is 50.7 Å². The number of halogens is 1. The van der Waals surface area contributed by atoms with Gasteiger partial charge in [0.25, 0.3) is 5.91 Å². The predicted molar refractivity (Wildman–Crippen MR) is 119 cm³/mol. The molecule has 1 amide bonds. The van der Waals surface area contributed by atoms with Crippen LogP contribution in [0.3, 0.4) is 0 Å². The van der Waals surface area contributed by atoms with Crippen LogP contribution in [0.1, 0.15) is 34.8 Å². The summed E-state index contributed by atoms with van der Waals surface area (Å²) in [6, 6.07) is 13.2. The number of nitrogens with one attached hydrogen (secondary N) is 1. The Balaban J connectivity index is 1.50. The van der Waals surface area contributed by atoms with Crippen molar-refractivity contribution in [1.29, 1.82) is 0 Å². The smallest absolute Gasteiger partial charge is 0.257 e. The van der Waals surface area contributed by atoms with Gasteiger partial charge in [0, 0.05) is 37.0 Å². The fourth-order valence-corrected chi connectivity index (χ4v) is 3.90. The quantitative estimate of drug-likeness (QED) is 0.617. The number of methoxy groups -OCH3 is 2. The van der Waals surface area contributed by atoms with Crippen LogP contribution in [-0.4, -0.2) is 48.1 Å². The van der Waals surface area contributed by atoms with Crippen molar-refractivity contribution in [2.24, 2.45) is 0 Å². The molecule has 1 aromatic heterocycles. The van der Waals surface area contributed by atoms with E-state index >= 15 is 0 Å². The van der Waals surface area contributed by atoms with Crippen molar-refractivity contribution in [1.82, 2.24) is 14.9 Å². The van der Waals surface area contributed by atoms with Crippen molar-refractivity contribution >= 4 is 17.5 Å². The van der Waals surface area contributed by atoms with Crippen LogP contribution in [0.25, 0.3) is 0 Å². The van der Waals surface area contributed by atoms with Crippen LogP contribution < -0.4 is 14.8 Å². The van der Waals surface area contributed by atoms with Crippen LogP contribution >= 0.6 is 0 Å². The summed E-state index contributed by atoms with van der Waals surface area (Å²) < 4.78 is 24.1. The number of carbonyl (C=O) groups is 1. The van der Waals surface area contributed by atoms with Crippen LogP contribution in [0.4, 0.5) is 16.0 Å². The lowest BCUT2D eigenvalue weighted by Gasteiger charge is -2.33. The van der Waals surface area contributed by atoms with Crippen molar-refractivity contribution in [2.75, 3.05) is 32.6 Å². The van der Waals surface area contributed by atoms with Gasteiger partial charge in [0.15, 0.2) is 0 Å². The molecule has 4 rings (SSSR count). The Morgan fingerprint density at radius 2 is 2.03 bits per heavy atom. The first-order valence-electron chi connectivity index (χ1n) is 10.4. The van der Waals surface area contributed by atoms with Gasteiger partial charge in [-0.3, -0.25) is 4.79 Å². The summed E-state index contributed by atoms with van der Waals surface area (Å²) in [6.07, 6.45) is 3.46. The van der Waals surface area contributed by atoms with Gasteiger partial charge in [-0.2, -0.15) is 0 Å². The maximum atomic E-state index is 13.5. The minimum Gasteiger partial charge on any atom is -0.497 e. The molecule has 2 heterocycles. The van der Waals surface area contributed by atoms with Gasteiger partial charge >= 0.3 is 0 Å². The average molecular weight is 436 g/mol. The molecule has 7 nitrogen and oxygen atoms in total. The highest BCUT2D eigenvalue weighted by Gasteiger charge is 2.28. The van der Waals surface area contributed by atoms with Crippen LogP contribution in [0.2, 0.25) is 0 Å². The van der Waals surface area contributed by atoms with Gasteiger partial charge in [-0.1, -0.05) is 6.07 Å². The van der Waals surface area contributed by atoms with E-state index in [1.807, 2.05) is 11.0 Å². The Hall–Kier alpha value is -3.68. The van der Waals surface area contributed by atoms with Gasteiger partial charge in [0.2, 0.25) is 5.95 Å². The van der Waals surface area contributed by atoms with E-state index in [4.69, 9.17) is 9.47 Å². The van der Waals surface area contributed by atoms with Crippen molar-refractivity contribution < 1.29 is 18.7 Å². The number of amides is 1. The number of benzene rings is 2. The topological polar surface area (TPSA) is 76.6 Å². The number of piperidine rings is 1. The molecule has 0 radical (unpaired) electrons. The van der Waals surface area contributed by atoms with Crippen LogP contribution in [-0.2, 0) is 0 Å². The maximum absolute atomic E-state index is 13.5. The standard InChI is InChI=1S/C24H25FN4O3/c1-31-19-8-9-20(22(14-19)32-2)23(30)29-12-4-5-16(15-29)21-10-11-26-24(28-21)27-18-7-3-6-17(25)13-18/h3,6-11,13-14,16H,4-5,12,15H2,1-2H3,(H,26,27,28)/t16-/m1/s1. The molecule has 0 aliphatic carbocycles. The molecule has 32 heavy (non-hydrogen) atoms. The Bertz CT molecular complexity index is 1110. The van der Waals surface area contributed by atoms with E-state index in [0.29, 0.717) is 41.8 Å². The number of carbonyl (C=O) groups excluding carboxylic acids is 1. The zero-order chi connectivity index (χ0) is 22.5. The zero-order valence-corrected chi connectivity index (χ0v) is 18.0. The Morgan fingerprint density at radius 3 is 2.81 bits per heavy atom. The fraction of sp³-hybridized carbons (Fsp3) is 0.292. The molecule has 1 atom stereocenters. The van der Waals surface area contributed by atoms with Crippen molar-refractivity contribution in [2.45, 2.75) is 18.8 Å². The number of ether oxygens (including phenoxy) is 2. The summed E-state index contributed by atoms with van der Waals surface area (Å²) in [4.78, 5) is 23.9. The van der Waals surface area contributed by atoms with E-state index in [-0.39, 0.29) is 17.6 Å². The van der Waals surface area contributed by atoms with E-state index in [2.05, 4.69) is 15.3 Å². The molecule has 166 valence electrons. The maximum Gasteiger partial charge on any atom is 0.257 e. The van der Waals surface area contributed by atoms with Gasteiger partial charge < -0.3 is 19.7 Å². The van der Waals surface area contributed by atoms with Crippen LogP contribution in [0, 0.1) is 5.82 Å². The molecule has 1 fully saturated rings. The van der Waals surface area contributed by atoms with E-state index in [1.165, 1.54) is 12.1 Å². The third-order valence-corrected chi connectivity index (χ3v) is 5.52. The molecular weight excluding hydrogens is 411 g/mol. The lowest BCUT2D eigenvalue weighted by Crippen LogP contribution is -2.39. The summed E-state index contributed by atoms with van der Waals surface area (Å²) in [6.45, 7) is 1.22. The number of hydrogen-bond donors (Lipinski definition) is 1. The fourth-order valence-electron chi connectivity index (χ4n) is 3.90. The molecule has 0 bridgehead atoms. The second-order valence-corrected chi connectivity index (χ2v) is 7.60. The average Bonchev–Trinajstić information content (AvgIpc) is 2.83. The lowest BCUT2D eigenvalue weighted by molar-refractivity contribution is 0.0702. The second kappa shape index (κ2) is 9.64. The first-order valence-corrected chi connectivity index (χ1v) is 10.4. The minimum absolute atomic E-state index is 0.0769. The highest BCUT2D eigenvalue weighted by Crippen LogP contribution is 2.30. The molecule has 8 heteroatoms. The number of hydrogen-bond acceptors (Lipinski definition) is 6. The van der Waals surface area contributed by atoms with Gasteiger partial charge in [-0.25, -0.2) is 14.4 Å². The first kappa shape index (κ1) is 21.5. The van der Waals surface area contributed by atoms with Crippen molar-refractivity contribution in [3.05, 3.63) is 71.8 Å². The Morgan fingerprint density at radius 1 is 1.16 bits per heavy atom. The summed E-state index contributed by atoms with van der Waals surface area (Å²) in [5, 5.41) is 3.04. The predicted octanol–water partition coefficient (Wildman–Crippen LogP) is 4.40. The van der Waals surface area contributed by atoms with Gasteiger partial charge in [-0.15, -0.1) is 0 Å². The van der Waals surface area contributed by atoms with E-state index < -0.39 is 0 Å². The molecule has 1 aliphatic rings. The summed E-state index contributed by atoms with van der Waals surface area (Å²) in [5.41, 5.74) is 1.93. The number of nitrogens with zero attached hydrogens (tertiary/aromatic N) is 3. The summed E-state index contributed by atoms with van der Waals surface area (Å²) in [5.74, 6) is 1.18. The van der Waals surface area contributed by atoms with Crippen LogP contribution in [0.5, 0.6) is 11.5 Å². The number of anilines is 2. The zero-order valence-electron chi connectivity index (χ0n) is 18.0. The Kier molecular flexibility index (Phi) is 6.49. The molecule has 3 aromatic rings.